The number of para-hydroxylation sites is 1. The van der Waals surface area contributed by atoms with Gasteiger partial charge in [-0.05, 0) is 53.0 Å². The number of rotatable bonds is 6. The molecule has 0 unspecified atom stereocenters. The highest BCUT2D eigenvalue weighted by atomic mass is 79.9. The second-order valence-electron chi connectivity index (χ2n) is 7.11. The van der Waals surface area contributed by atoms with E-state index in [0.29, 0.717) is 11.0 Å². The van der Waals surface area contributed by atoms with E-state index in [1.54, 1.807) is 50.2 Å². The molecule has 1 N–H and O–H groups in total. The number of nitrogens with one attached hydrogen (secondary N) is 1. The van der Waals surface area contributed by atoms with E-state index in [0.717, 1.165) is 5.56 Å². The average Bonchev–Trinajstić information content (AvgIpc) is 2.69. The minimum Gasteiger partial charge on any atom is -0.420 e. The molecule has 0 aliphatic rings. The highest BCUT2D eigenvalue weighted by molar-refractivity contribution is 9.10. The highest BCUT2D eigenvalue weighted by Gasteiger charge is 2.31. The van der Waals surface area contributed by atoms with Crippen LogP contribution in [0.4, 0.5) is 0 Å². The fraction of sp³-hybridized carbons (Fsp3) is 0.238. The minimum absolute atomic E-state index is 0.0259. The number of sulfonamides is 1. The Kier molecular flexibility index (Phi) is 6.44. The van der Waals surface area contributed by atoms with Crippen LogP contribution in [-0.4, -0.2) is 20.4 Å². The first-order valence-corrected chi connectivity index (χ1v) is 11.4. The number of hydrogen-bond acceptors (Lipinski definition) is 6. The summed E-state index contributed by atoms with van der Waals surface area (Å²) >= 11 is 3.28. The number of fused-ring (bicyclic) bond motifs is 1. The maximum absolute atomic E-state index is 12.8. The van der Waals surface area contributed by atoms with Crippen molar-refractivity contribution >= 4 is 42.9 Å². The lowest BCUT2D eigenvalue weighted by molar-refractivity contribution is -0.137. The fourth-order valence-corrected chi connectivity index (χ4v) is 4.66. The maximum Gasteiger partial charge on any atom is 0.381 e. The van der Waals surface area contributed by atoms with E-state index in [-0.39, 0.29) is 15.1 Å². The van der Waals surface area contributed by atoms with E-state index in [2.05, 4.69) is 20.7 Å². The van der Waals surface area contributed by atoms with Crippen molar-refractivity contribution in [2.75, 3.05) is 0 Å². The molecule has 30 heavy (non-hydrogen) atoms. The topological polar surface area (TPSA) is 103 Å². The molecule has 3 aromatic rings. The van der Waals surface area contributed by atoms with Gasteiger partial charge in [-0.1, -0.05) is 43.7 Å². The lowest BCUT2D eigenvalue weighted by Gasteiger charge is -2.20. The van der Waals surface area contributed by atoms with Crippen molar-refractivity contribution in [2.24, 2.45) is 5.92 Å². The van der Waals surface area contributed by atoms with Crippen LogP contribution in [0.5, 0.6) is 5.75 Å². The number of esters is 1. The van der Waals surface area contributed by atoms with Crippen LogP contribution in [0.3, 0.4) is 0 Å². The average molecular weight is 494 g/mol. The van der Waals surface area contributed by atoms with Crippen molar-refractivity contribution in [1.82, 2.24) is 4.72 Å². The Bertz CT molecular complexity index is 1250. The summed E-state index contributed by atoms with van der Waals surface area (Å²) < 4.78 is 38.5. The van der Waals surface area contributed by atoms with Crippen LogP contribution < -0.4 is 15.1 Å². The molecular weight excluding hydrogens is 474 g/mol. The number of benzene rings is 2. The maximum atomic E-state index is 12.8. The molecular formula is C21H20BrNO6S. The van der Waals surface area contributed by atoms with E-state index >= 15 is 0 Å². The van der Waals surface area contributed by atoms with E-state index in [1.165, 1.54) is 12.1 Å². The van der Waals surface area contributed by atoms with Crippen LogP contribution in [0, 0.1) is 12.8 Å². The molecule has 0 radical (unpaired) electrons. The molecule has 1 heterocycles. The van der Waals surface area contributed by atoms with Gasteiger partial charge in [-0.25, -0.2) is 18.0 Å². The number of aryl methyl sites for hydroxylation is 1. The number of carbonyl (C=O) groups excluding carboxylic acids is 1. The molecule has 1 aromatic heterocycles. The van der Waals surface area contributed by atoms with Crippen LogP contribution >= 0.6 is 15.9 Å². The third kappa shape index (κ3) is 4.63. The second kappa shape index (κ2) is 8.71. The summed E-state index contributed by atoms with van der Waals surface area (Å²) in [6, 6.07) is 11.8. The number of halogens is 1. The first-order chi connectivity index (χ1) is 14.1. The molecule has 2 aromatic carbocycles. The Labute approximate surface area is 182 Å². The van der Waals surface area contributed by atoms with Gasteiger partial charge >= 0.3 is 11.6 Å². The summed E-state index contributed by atoms with van der Waals surface area (Å²) in [5.74, 6) is -1.69. The van der Waals surface area contributed by atoms with Gasteiger partial charge in [0.25, 0.3) is 0 Å². The van der Waals surface area contributed by atoms with Gasteiger partial charge in [-0.2, -0.15) is 4.72 Å². The SMILES string of the molecule is Cc1ccc(S(=O)(=O)N[C@H](C(=O)Oc2c(Br)c3ccccc3oc2=O)C(C)C)cc1. The minimum atomic E-state index is -3.98. The molecule has 0 bridgehead atoms. The van der Waals surface area contributed by atoms with E-state index in [1.807, 2.05) is 6.92 Å². The predicted molar refractivity (Wildman–Crippen MR) is 116 cm³/mol. The molecule has 158 valence electrons. The van der Waals surface area contributed by atoms with Crippen molar-refractivity contribution in [3.8, 4) is 5.75 Å². The third-order valence-electron chi connectivity index (χ3n) is 4.45. The summed E-state index contributed by atoms with van der Waals surface area (Å²) in [4.78, 5) is 25.1. The van der Waals surface area contributed by atoms with Gasteiger partial charge in [-0.15, -0.1) is 0 Å². The standard InChI is InChI=1S/C21H20BrNO6S/c1-12(2)18(23-30(26,27)14-10-8-13(3)9-11-14)20(24)29-19-17(22)15-6-4-5-7-16(15)28-21(19)25/h4-12,18,23H,1-3H3/t18-/m0/s1. The zero-order chi connectivity index (χ0) is 22.1. The Morgan fingerprint density at radius 3 is 2.37 bits per heavy atom. The Morgan fingerprint density at radius 1 is 1.10 bits per heavy atom. The van der Waals surface area contributed by atoms with Crippen LogP contribution in [-0.2, 0) is 14.8 Å². The molecule has 1 atom stereocenters. The zero-order valence-electron chi connectivity index (χ0n) is 16.5. The smallest absolute Gasteiger partial charge is 0.381 e. The molecule has 0 spiro atoms. The molecule has 0 aliphatic heterocycles. The number of ether oxygens (including phenoxy) is 1. The van der Waals surface area contributed by atoms with Crippen LogP contribution in [0.2, 0.25) is 0 Å². The van der Waals surface area contributed by atoms with Gasteiger partial charge in [0.2, 0.25) is 15.8 Å². The fourth-order valence-electron chi connectivity index (χ4n) is 2.75. The van der Waals surface area contributed by atoms with Crippen LogP contribution in [0.25, 0.3) is 11.0 Å². The Hall–Kier alpha value is -2.49. The van der Waals surface area contributed by atoms with Crippen LogP contribution in [0.1, 0.15) is 19.4 Å². The lowest BCUT2D eigenvalue weighted by atomic mass is 10.1. The van der Waals surface area contributed by atoms with Crippen molar-refractivity contribution in [1.29, 1.82) is 0 Å². The molecule has 0 saturated heterocycles. The molecule has 0 saturated carbocycles. The van der Waals surface area contributed by atoms with Gasteiger partial charge in [0.15, 0.2) is 0 Å². The highest BCUT2D eigenvalue weighted by Crippen LogP contribution is 2.30. The molecule has 0 aliphatic carbocycles. The van der Waals surface area contributed by atoms with Crippen molar-refractivity contribution in [3.05, 3.63) is 69.0 Å². The van der Waals surface area contributed by atoms with E-state index < -0.39 is 33.6 Å². The molecule has 0 fully saturated rings. The summed E-state index contributed by atoms with van der Waals surface area (Å²) in [7, 11) is -3.98. The number of hydrogen-bond donors (Lipinski definition) is 1. The molecule has 9 heteroatoms. The largest absolute Gasteiger partial charge is 0.420 e. The second-order valence-corrected chi connectivity index (χ2v) is 9.61. The molecule has 0 amide bonds. The van der Waals surface area contributed by atoms with Gasteiger partial charge in [0.05, 0.1) is 9.37 Å². The Morgan fingerprint density at radius 2 is 1.73 bits per heavy atom. The van der Waals surface area contributed by atoms with Gasteiger partial charge < -0.3 is 9.15 Å². The van der Waals surface area contributed by atoms with Gasteiger partial charge in [0, 0.05) is 5.39 Å². The quantitative estimate of drug-likeness (QED) is 0.414. The van der Waals surface area contributed by atoms with Crippen molar-refractivity contribution < 1.29 is 22.4 Å². The molecule has 3 rings (SSSR count). The first kappa shape index (κ1) is 22.2. The summed E-state index contributed by atoms with van der Waals surface area (Å²) in [5, 5.41) is 0.543. The first-order valence-electron chi connectivity index (χ1n) is 9.12. The predicted octanol–water partition coefficient (Wildman–Crippen LogP) is 3.77. The van der Waals surface area contributed by atoms with E-state index in [4.69, 9.17) is 9.15 Å². The third-order valence-corrected chi connectivity index (χ3v) is 6.69. The normalized spacial score (nSPS) is 12.8. The summed E-state index contributed by atoms with van der Waals surface area (Å²) in [6.07, 6.45) is 0. The van der Waals surface area contributed by atoms with E-state index in [9.17, 15) is 18.0 Å². The van der Waals surface area contributed by atoms with Crippen molar-refractivity contribution in [2.45, 2.75) is 31.7 Å². The van der Waals surface area contributed by atoms with Gasteiger partial charge in [0.1, 0.15) is 11.6 Å². The lowest BCUT2D eigenvalue weighted by Crippen LogP contribution is -2.46. The molecule has 7 nitrogen and oxygen atoms in total. The van der Waals surface area contributed by atoms with Crippen molar-refractivity contribution in [3.63, 3.8) is 0 Å². The van der Waals surface area contributed by atoms with Crippen LogP contribution in [0.15, 0.2) is 67.1 Å². The zero-order valence-corrected chi connectivity index (χ0v) is 18.9. The monoisotopic (exact) mass is 493 g/mol. The Balaban J connectivity index is 1.91. The van der Waals surface area contributed by atoms with Gasteiger partial charge in [-0.3, -0.25) is 0 Å². The number of carbonyl (C=O) groups is 1. The summed E-state index contributed by atoms with van der Waals surface area (Å²) in [5.41, 5.74) is 0.383. The summed E-state index contributed by atoms with van der Waals surface area (Å²) in [6.45, 7) is 5.17.